The van der Waals surface area contributed by atoms with Crippen molar-refractivity contribution in [1.82, 2.24) is 19.5 Å². The van der Waals surface area contributed by atoms with E-state index in [2.05, 4.69) is 25.5 Å². The third-order valence-electron chi connectivity index (χ3n) is 6.90. The number of likely N-dealkylation sites (tertiary alicyclic amines) is 1. The van der Waals surface area contributed by atoms with E-state index in [1.165, 1.54) is 0 Å². The molecule has 2 unspecified atom stereocenters. The molecule has 3 heterocycles. The topological polar surface area (TPSA) is 89.3 Å². The molecule has 9 nitrogen and oxygen atoms in total. The van der Waals surface area contributed by atoms with E-state index in [1.54, 1.807) is 20.4 Å². The average Bonchev–Trinajstić information content (AvgIpc) is 3.29. The predicted molar refractivity (Wildman–Crippen MR) is 144 cm³/mol. The Kier molecular flexibility index (Phi) is 7.03. The van der Waals surface area contributed by atoms with Gasteiger partial charge in [-0.15, -0.1) is 0 Å². The molecule has 2 aromatic heterocycles. The van der Waals surface area contributed by atoms with Crippen molar-refractivity contribution < 1.29 is 19.1 Å². The van der Waals surface area contributed by atoms with E-state index in [0.29, 0.717) is 30.2 Å². The van der Waals surface area contributed by atoms with Crippen molar-refractivity contribution in [2.75, 3.05) is 18.0 Å². The van der Waals surface area contributed by atoms with Crippen molar-refractivity contribution in [3.63, 3.8) is 0 Å². The van der Waals surface area contributed by atoms with Gasteiger partial charge in [0.25, 0.3) is 0 Å². The first kappa shape index (κ1) is 26.9. The lowest BCUT2D eigenvalue weighted by molar-refractivity contribution is 0.0119. The van der Waals surface area contributed by atoms with Crippen LogP contribution in [0.15, 0.2) is 18.8 Å². The Hall–Kier alpha value is -3.10. The van der Waals surface area contributed by atoms with Gasteiger partial charge in [-0.05, 0) is 78.2 Å². The Balaban J connectivity index is 1.78. The fourth-order valence-corrected chi connectivity index (χ4v) is 5.44. The minimum absolute atomic E-state index is 0.0781. The van der Waals surface area contributed by atoms with Crippen molar-refractivity contribution in [2.24, 2.45) is 11.8 Å². The van der Waals surface area contributed by atoms with Crippen LogP contribution in [0.4, 0.5) is 15.4 Å². The molecule has 37 heavy (non-hydrogen) atoms. The van der Waals surface area contributed by atoms with E-state index in [9.17, 15) is 9.59 Å². The summed E-state index contributed by atoms with van der Waals surface area (Å²) in [6, 6.07) is 1.70. The molecule has 1 saturated heterocycles. The van der Waals surface area contributed by atoms with Crippen molar-refractivity contribution in [3.05, 3.63) is 30.1 Å². The predicted octanol–water partition coefficient (Wildman–Crippen LogP) is 5.88. The number of carbonyl (C=O) groups excluding carboxylic acids is 2. The van der Waals surface area contributed by atoms with Gasteiger partial charge in [-0.3, -0.25) is 4.90 Å². The summed E-state index contributed by atoms with van der Waals surface area (Å²) in [4.78, 5) is 35.1. The van der Waals surface area contributed by atoms with E-state index < -0.39 is 17.3 Å². The highest BCUT2D eigenvalue weighted by Gasteiger charge is 2.50. The number of rotatable bonds is 4. The third kappa shape index (κ3) is 5.60. The van der Waals surface area contributed by atoms with E-state index >= 15 is 0 Å². The maximum atomic E-state index is 13.9. The van der Waals surface area contributed by atoms with Crippen LogP contribution >= 0.6 is 0 Å². The minimum atomic E-state index is -0.674. The highest BCUT2D eigenvalue weighted by Crippen LogP contribution is 2.43. The fraction of sp³-hybridized carbons (Fsp3) is 0.643. The number of piperidine rings is 1. The molecule has 2 amide bonds. The number of fused-ring (bicyclic) bond motifs is 3. The Morgan fingerprint density at radius 1 is 1.08 bits per heavy atom. The largest absolute Gasteiger partial charge is 0.444 e. The SMILES string of the molecule is C=Cc1cc(N(C(=O)OC(C)(C)C)C2C3CCC2CN(C(=O)OC(C)(C)C)C3)n2ncc(C(C)C)c2n1. The Labute approximate surface area is 219 Å². The zero-order valence-electron chi connectivity index (χ0n) is 23.4. The summed E-state index contributed by atoms with van der Waals surface area (Å²) in [6.07, 6.45) is 4.59. The first-order chi connectivity index (χ1) is 17.2. The van der Waals surface area contributed by atoms with Crippen LogP contribution in [0.5, 0.6) is 0 Å². The van der Waals surface area contributed by atoms with Crippen LogP contribution in [-0.2, 0) is 9.47 Å². The first-order valence-corrected chi connectivity index (χ1v) is 13.2. The van der Waals surface area contributed by atoms with Crippen LogP contribution in [0.25, 0.3) is 11.7 Å². The van der Waals surface area contributed by atoms with Crippen molar-refractivity contribution >= 4 is 29.7 Å². The zero-order chi connectivity index (χ0) is 27.3. The van der Waals surface area contributed by atoms with Crippen LogP contribution in [0.3, 0.4) is 0 Å². The number of aromatic nitrogens is 3. The van der Waals surface area contributed by atoms with Gasteiger partial charge >= 0.3 is 12.2 Å². The second-order valence-corrected chi connectivity index (χ2v) is 12.6. The van der Waals surface area contributed by atoms with E-state index in [4.69, 9.17) is 14.5 Å². The molecule has 0 N–H and O–H groups in total. The van der Waals surface area contributed by atoms with Crippen LogP contribution in [-0.4, -0.2) is 62.0 Å². The third-order valence-corrected chi connectivity index (χ3v) is 6.90. The molecule has 0 radical (unpaired) electrons. The number of amides is 2. The molecular formula is C28H41N5O4. The summed E-state index contributed by atoms with van der Waals surface area (Å²) < 4.78 is 13.3. The first-order valence-electron chi connectivity index (χ1n) is 13.2. The summed E-state index contributed by atoms with van der Waals surface area (Å²) in [5.41, 5.74) is 1.13. The molecular weight excluding hydrogens is 470 g/mol. The molecule has 2 fully saturated rings. The molecule has 4 rings (SSSR count). The number of nitrogens with zero attached hydrogens (tertiary/aromatic N) is 5. The second-order valence-electron chi connectivity index (χ2n) is 12.6. The summed E-state index contributed by atoms with van der Waals surface area (Å²) in [5.74, 6) is 0.971. The fourth-order valence-electron chi connectivity index (χ4n) is 5.44. The quantitative estimate of drug-likeness (QED) is 0.509. The lowest BCUT2D eigenvalue weighted by Crippen LogP contribution is -2.57. The smallest absolute Gasteiger partial charge is 0.416 e. The van der Waals surface area contributed by atoms with Gasteiger partial charge in [-0.25, -0.2) is 14.6 Å². The second kappa shape index (κ2) is 9.65. The van der Waals surface area contributed by atoms with E-state index in [0.717, 1.165) is 18.4 Å². The van der Waals surface area contributed by atoms with E-state index in [1.807, 2.05) is 53.8 Å². The summed E-state index contributed by atoms with van der Waals surface area (Å²) in [7, 11) is 0. The molecule has 1 aliphatic heterocycles. The molecule has 0 spiro atoms. The molecule has 0 aromatic carbocycles. The number of hydrogen-bond acceptors (Lipinski definition) is 6. The zero-order valence-corrected chi connectivity index (χ0v) is 23.4. The summed E-state index contributed by atoms with van der Waals surface area (Å²) >= 11 is 0. The highest BCUT2D eigenvalue weighted by atomic mass is 16.6. The van der Waals surface area contributed by atoms with Gasteiger partial charge in [0.05, 0.1) is 17.9 Å². The van der Waals surface area contributed by atoms with Crippen molar-refractivity contribution in [1.29, 1.82) is 0 Å². The number of ether oxygens (including phenoxy) is 2. The number of hydrogen-bond donors (Lipinski definition) is 0. The maximum absolute atomic E-state index is 13.9. The monoisotopic (exact) mass is 511 g/mol. The molecule has 2 aliphatic rings. The van der Waals surface area contributed by atoms with Crippen LogP contribution < -0.4 is 4.90 Å². The number of anilines is 1. The molecule has 2 bridgehead atoms. The van der Waals surface area contributed by atoms with Gasteiger partial charge in [-0.1, -0.05) is 20.4 Å². The highest BCUT2D eigenvalue weighted by molar-refractivity contribution is 5.89. The van der Waals surface area contributed by atoms with Crippen LogP contribution in [0.2, 0.25) is 0 Å². The standard InChI is InChI=1S/C28H41N5O4/c1-10-20-13-22(33-24(30-20)21(14-29-33)17(2)3)32(26(35)37-28(7,8)9)23-18-11-12-19(23)16-31(15-18)25(34)36-27(4,5)6/h10,13-14,17-19,23H,1,11-12,15-16H2,2-9H3. The molecule has 2 aromatic rings. The van der Waals surface area contributed by atoms with Crippen LogP contribution in [0.1, 0.15) is 85.4 Å². The summed E-state index contributed by atoms with van der Waals surface area (Å²) in [6.45, 7) is 20.4. The van der Waals surface area contributed by atoms with Gasteiger partial charge in [0, 0.05) is 24.7 Å². The lowest BCUT2D eigenvalue weighted by atomic mass is 9.91. The minimum Gasteiger partial charge on any atom is -0.444 e. The molecule has 1 aliphatic carbocycles. The Bertz CT molecular complexity index is 1180. The normalized spacial score (nSPS) is 21.9. The molecule has 9 heteroatoms. The molecule has 202 valence electrons. The average molecular weight is 512 g/mol. The Morgan fingerprint density at radius 3 is 2.19 bits per heavy atom. The van der Waals surface area contributed by atoms with Gasteiger partial charge in [0.15, 0.2) is 5.65 Å². The molecule has 2 atom stereocenters. The maximum Gasteiger partial charge on any atom is 0.416 e. The van der Waals surface area contributed by atoms with Gasteiger partial charge < -0.3 is 14.4 Å². The lowest BCUT2D eigenvalue weighted by Gasteiger charge is -2.43. The van der Waals surface area contributed by atoms with Gasteiger partial charge in [-0.2, -0.15) is 9.61 Å². The van der Waals surface area contributed by atoms with E-state index in [-0.39, 0.29) is 29.9 Å². The van der Waals surface area contributed by atoms with Gasteiger partial charge in [0.2, 0.25) is 0 Å². The van der Waals surface area contributed by atoms with Gasteiger partial charge in [0.1, 0.15) is 17.0 Å². The Morgan fingerprint density at radius 2 is 1.68 bits per heavy atom. The van der Waals surface area contributed by atoms with Crippen molar-refractivity contribution in [2.45, 2.75) is 91.4 Å². The number of carbonyl (C=O) groups is 2. The van der Waals surface area contributed by atoms with Crippen molar-refractivity contribution in [3.8, 4) is 0 Å². The molecule has 1 saturated carbocycles. The van der Waals surface area contributed by atoms with Crippen LogP contribution in [0, 0.1) is 11.8 Å². The summed E-state index contributed by atoms with van der Waals surface area (Å²) in [5, 5.41) is 4.65.